The lowest BCUT2D eigenvalue weighted by atomic mass is 10.2. The number of hydroxylamine groups is 2. The lowest BCUT2D eigenvalue weighted by Gasteiger charge is -2.07. The van der Waals surface area contributed by atoms with Crippen LogP contribution in [0.5, 0.6) is 0 Å². The van der Waals surface area contributed by atoms with Crippen molar-refractivity contribution < 1.29 is 39.1 Å². The van der Waals surface area contributed by atoms with Crippen molar-refractivity contribution in [2.24, 2.45) is 0 Å². The summed E-state index contributed by atoms with van der Waals surface area (Å²) in [4.78, 5) is 53.0. The maximum absolute atomic E-state index is 11.4. The van der Waals surface area contributed by atoms with E-state index in [4.69, 9.17) is 19.9 Å². The molecule has 0 aromatic carbocycles. The van der Waals surface area contributed by atoms with E-state index in [1.54, 1.807) is 0 Å². The van der Waals surface area contributed by atoms with Gasteiger partial charge in [0.2, 0.25) is 0 Å². The molecule has 28 heavy (non-hydrogen) atoms. The van der Waals surface area contributed by atoms with Gasteiger partial charge < -0.3 is 19.9 Å². The molecule has 0 saturated carbocycles. The summed E-state index contributed by atoms with van der Waals surface area (Å²) >= 11 is 0. The van der Waals surface area contributed by atoms with Crippen LogP contribution >= 0.6 is 0 Å². The Morgan fingerprint density at radius 2 is 0.893 bits per heavy atom. The van der Waals surface area contributed by atoms with E-state index in [2.05, 4.69) is 11.0 Å². The number of nitrogens with one attached hydrogen (secondary N) is 2. The van der Waals surface area contributed by atoms with Crippen molar-refractivity contribution in [2.75, 3.05) is 13.1 Å². The van der Waals surface area contributed by atoms with Crippen LogP contribution in [0.2, 0.25) is 0 Å². The molecule has 0 bridgehead atoms. The summed E-state index contributed by atoms with van der Waals surface area (Å²) in [5, 5.41) is 17.0. The van der Waals surface area contributed by atoms with Crippen molar-refractivity contribution in [1.29, 1.82) is 0 Å². The summed E-state index contributed by atoms with van der Waals surface area (Å²) in [7, 11) is 0. The summed E-state index contributed by atoms with van der Waals surface area (Å²) in [6, 6.07) is 0. The first kappa shape index (κ1) is 25.8. The monoisotopic (exact) mass is 404 g/mol. The zero-order chi connectivity index (χ0) is 21.0. The van der Waals surface area contributed by atoms with Crippen LogP contribution in [0, 0.1) is 0 Å². The number of rotatable bonds is 19. The first-order chi connectivity index (χ1) is 13.4. The summed E-state index contributed by atoms with van der Waals surface area (Å²) < 4.78 is 0. The van der Waals surface area contributed by atoms with Crippen LogP contribution in [-0.2, 0) is 28.9 Å². The van der Waals surface area contributed by atoms with E-state index >= 15 is 0 Å². The number of carbonyl (C=O) groups is 4. The second-order valence-corrected chi connectivity index (χ2v) is 6.35. The number of unbranched alkanes of at least 4 members (excludes halogenated alkanes) is 5. The average Bonchev–Trinajstić information content (AvgIpc) is 2.63. The third-order valence-electron chi connectivity index (χ3n) is 3.72. The Morgan fingerprint density at radius 3 is 1.25 bits per heavy atom. The molecule has 10 nitrogen and oxygen atoms in total. The van der Waals surface area contributed by atoms with E-state index in [1.807, 2.05) is 0 Å². The van der Waals surface area contributed by atoms with Crippen LogP contribution in [0.3, 0.4) is 0 Å². The second kappa shape index (κ2) is 18.2. The van der Waals surface area contributed by atoms with Gasteiger partial charge in [0, 0.05) is 38.8 Å². The number of aliphatic carboxylic acids is 2. The number of hydrogen-bond acceptors (Lipinski definition) is 8. The molecule has 0 amide bonds. The molecule has 162 valence electrons. The quantitative estimate of drug-likeness (QED) is 0.186. The maximum Gasteiger partial charge on any atom is 0.324 e. The summed E-state index contributed by atoms with van der Waals surface area (Å²) in [5.41, 5.74) is 5.19. The van der Waals surface area contributed by atoms with Gasteiger partial charge in [-0.15, -0.1) is 0 Å². The van der Waals surface area contributed by atoms with Gasteiger partial charge in [0.05, 0.1) is 0 Å². The highest BCUT2D eigenvalue weighted by molar-refractivity contribution is 5.70. The third-order valence-corrected chi connectivity index (χ3v) is 3.72. The Morgan fingerprint density at radius 1 is 0.536 bits per heavy atom. The Bertz CT molecular complexity index is 429. The Hall–Kier alpha value is -2.20. The fraction of sp³-hybridized carbons (Fsp3) is 0.778. The highest BCUT2D eigenvalue weighted by Gasteiger charge is 2.05. The number of carboxylic acid groups (broad SMARTS) is 2. The van der Waals surface area contributed by atoms with E-state index in [9.17, 15) is 19.2 Å². The molecule has 0 aliphatic carbocycles. The predicted octanol–water partition coefficient (Wildman–Crippen LogP) is 1.93. The van der Waals surface area contributed by atoms with E-state index in [0.717, 1.165) is 25.7 Å². The van der Waals surface area contributed by atoms with Gasteiger partial charge in [-0.05, 0) is 38.5 Å². The van der Waals surface area contributed by atoms with Gasteiger partial charge in [-0.3, -0.25) is 19.2 Å². The molecule has 0 saturated heterocycles. The SMILES string of the molecule is O=C(O)CCCCC(=O)ONCCCCCCNOC(=O)CCCCC(=O)O. The largest absolute Gasteiger partial charge is 0.481 e. The fourth-order valence-electron chi connectivity index (χ4n) is 2.20. The normalized spacial score (nSPS) is 10.4. The molecule has 0 spiro atoms. The molecule has 10 heteroatoms. The minimum Gasteiger partial charge on any atom is -0.481 e. The topological polar surface area (TPSA) is 151 Å². The third kappa shape index (κ3) is 20.1. The molecular formula is C18H32N2O8. The summed E-state index contributed by atoms with van der Waals surface area (Å²) in [5.74, 6) is -2.51. The maximum atomic E-state index is 11.4. The number of carbonyl (C=O) groups excluding carboxylic acids is 2. The Kier molecular flexibility index (Phi) is 16.7. The smallest absolute Gasteiger partial charge is 0.324 e. The van der Waals surface area contributed by atoms with Crippen LogP contribution in [0.1, 0.15) is 77.0 Å². The number of carboxylic acids is 2. The lowest BCUT2D eigenvalue weighted by molar-refractivity contribution is -0.152. The highest BCUT2D eigenvalue weighted by Crippen LogP contribution is 2.02. The first-order valence-corrected chi connectivity index (χ1v) is 9.70. The van der Waals surface area contributed by atoms with Crippen molar-refractivity contribution in [1.82, 2.24) is 11.0 Å². The van der Waals surface area contributed by atoms with Crippen molar-refractivity contribution >= 4 is 23.9 Å². The van der Waals surface area contributed by atoms with Gasteiger partial charge >= 0.3 is 23.9 Å². The van der Waals surface area contributed by atoms with Gasteiger partial charge in [0.1, 0.15) is 0 Å². The molecule has 0 rings (SSSR count). The van der Waals surface area contributed by atoms with Crippen molar-refractivity contribution in [3.05, 3.63) is 0 Å². The fourth-order valence-corrected chi connectivity index (χ4v) is 2.20. The molecule has 0 heterocycles. The van der Waals surface area contributed by atoms with Crippen LogP contribution in [0.15, 0.2) is 0 Å². The molecule has 0 aromatic rings. The Labute approximate surface area is 164 Å². The lowest BCUT2D eigenvalue weighted by Crippen LogP contribution is -2.21. The molecule has 0 atom stereocenters. The van der Waals surface area contributed by atoms with Crippen LogP contribution in [0.4, 0.5) is 0 Å². The molecule has 4 N–H and O–H groups in total. The van der Waals surface area contributed by atoms with Gasteiger partial charge in [0.25, 0.3) is 0 Å². The number of hydrogen-bond donors (Lipinski definition) is 4. The molecule has 0 aromatic heterocycles. The van der Waals surface area contributed by atoms with Gasteiger partial charge in [-0.2, -0.15) is 11.0 Å². The average molecular weight is 404 g/mol. The van der Waals surface area contributed by atoms with Gasteiger partial charge in [0.15, 0.2) is 0 Å². The minimum absolute atomic E-state index is 0.0571. The zero-order valence-corrected chi connectivity index (χ0v) is 16.2. The summed E-state index contributed by atoms with van der Waals surface area (Å²) in [6.45, 7) is 1.08. The minimum atomic E-state index is -0.868. The van der Waals surface area contributed by atoms with Crippen molar-refractivity contribution in [3.8, 4) is 0 Å². The Balaban J connectivity index is 3.28. The summed E-state index contributed by atoms with van der Waals surface area (Å²) in [6.07, 6.45) is 5.92. The van der Waals surface area contributed by atoms with Crippen LogP contribution < -0.4 is 11.0 Å². The molecule has 0 aliphatic heterocycles. The molecule has 0 fully saturated rings. The first-order valence-electron chi connectivity index (χ1n) is 9.70. The van der Waals surface area contributed by atoms with E-state index in [0.29, 0.717) is 38.8 Å². The molecule has 0 radical (unpaired) electrons. The van der Waals surface area contributed by atoms with Crippen molar-refractivity contribution in [2.45, 2.75) is 77.0 Å². The standard InChI is InChI=1S/C18H32N2O8/c21-15(22)9-3-5-11-17(25)27-19-13-7-1-2-8-14-20-28-18(26)12-6-4-10-16(23)24/h19-20H,1-14H2,(H,21,22)(H,23,24). The zero-order valence-electron chi connectivity index (χ0n) is 16.2. The molecule has 0 unspecified atom stereocenters. The molecular weight excluding hydrogens is 372 g/mol. The predicted molar refractivity (Wildman–Crippen MR) is 98.9 cm³/mol. The van der Waals surface area contributed by atoms with Gasteiger partial charge in [-0.25, -0.2) is 0 Å². The van der Waals surface area contributed by atoms with E-state index < -0.39 is 11.9 Å². The second-order valence-electron chi connectivity index (χ2n) is 6.35. The van der Waals surface area contributed by atoms with E-state index in [1.165, 1.54) is 0 Å². The van der Waals surface area contributed by atoms with Crippen molar-refractivity contribution in [3.63, 3.8) is 0 Å². The van der Waals surface area contributed by atoms with Crippen LogP contribution in [0.25, 0.3) is 0 Å². The van der Waals surface area contributed by atoms with Crippen LogP contribution in [-0.4, -0.2) is 47.2 Å². The van der Waals surface area contributed by atoms with E-state index in [-0.39, 0.29) is 37.6 Å². The van der Waals surface area contributed by atoms with Gasteiger partial charge in [-0.1, -0.05) is 12.8 Å². The molecule has 0 aliphatic rings. The highest BCUT2D eigenvalue weighted by atomic mass is 16.7.